The summed E-state index contributed by atoms with van der Waals surface area (Å²) in [6, 6.07) is 0. The van der Waals surface area contributed by atoms with Gasteiger partial charge >= 0.3 is 0 Å². The molecule has 0 saturated carbocycles. The Morgan fingerprint density at radius 1 is 1.40 bits per heavy atom. The second-order valence-electron chi connectivity index (χ2n) is 4.46. The predicted molar refractivity (Wildman–Crippen MR) is 61.7 cm³/mol. The molecule has 1 unspecified atom stereocenters. The number of hydrogen-bond acceptors (Lipinski definition) is 3. The zero-order valence-corrected chi connectivity index (χ0v) is 11.2. The molecule has 0 aliphatic carbocycles. The van der Waals surface area contributed by atoms with E-state index < -0.39 is 10.0 Å². The monoisotopic (exact) mass is 297 g/mol. The van der Waals surface area contributed by atoms with Crippen LogP contribution < -0.4 is 0 Å². The van der Waals surface area contributed by atoms with E-state index in [0.717, 1.165) is 25.9 Å². The van der Waals surface area contributed by atoms with Crippen LogP contribution >= 0.6 is 15.9 Å². The first-order valence-corrected chi connectivity index (χ1v) is 7.91. The molecule has 15 heavy (non-hydrogen) atoms. The van der Waals surface area contributed by atoms with E-state index in [2.05, 4.69) is 15.9 Å². The molecule has 2 aliphatic rings. The summed E-state index contributed by atoms with van der Waals surface area (Å²) in [5.41, 5.74) is -0.0602. The van der Waals surface area contributed by atoms with Gasteiger partial charge < -0.3 is 4.74 Å². The maximum absolute atomic E-state index is 11.3. The van der Waals surface area contributed by atoms with Crippen molar-refractivity contribution in [1.29, 1.82) is 0 Å². The molecule has 4 nitrogen and oxygen atoms in total. The average Bonchev–Trinajstić information content (AvgIpc) is 2.47. The number of ether oxygens (including phenoxy) is 1. The summed E-state index contributed by atoms with van der Waals surface area (Å²) in [4.78, 5) is 0.433. The minimum atomic E-state index is -3.02. The summed E-state index contributed by atoms with van der Waals surface area (Å²) in [6.45, 7) is 1.94. The van der Waals surface area contributed by atoms with Crippen molar-refractivity contribution in [3.63, 3.8) is 0 Å². The first-order chi connectivity index (χ1) is 6.91. The summed E-state index contributed by atoms with van der Waals surface area (Å²) < 4.78 is 30.0. The number of halogens is 1. The van der Waals surface area contributed by atoms with Crippen molar-refractivity contribution < 1.29 is 13.2 Å². The maximum atomic E-state index is 11.3. The zero-order chi connectivity index (χ0) is 11.1. The minimum Gasteiger partial charge on any atom is -0.374 e. The van der Waals surface area contributed by atoms with Crippen molar-refractivity contribution >= 4 is 26.0 Å². The van der Waals surface area contributed by atoms with E-state index in [1.807, 2.05) is 0 Å². The molecule has 2 aliphatic heterocycles. The molecule has 2 fully saturated rings. The molecule has 0 radical (unpaired) electrons. The Labute approximate surface area is 99.1 Å². The molecule has 0 amide bonds. The Balaban J connectivity index is 1.98. The second-order valence-corrected chi connectivity index (χ2v) is 7.73. The van der Waals surface area contributed by atoms with Crippen LogP contribution in [0.1, 0.15) is 19.3 Å². The van der Waals surface area contributed by atoms with Gasteiger partial charge in [0.1, 0.15) is 0 Å². The SMILES string of the molecule is CS(=O)(=O)N1CCC2(CC1)CC(Br)CO2. The molecule has 0 aromatic heterocycles. The predicted octanol–water partition coefficient (Wildman–Crippen LogP) is 0.964. The van der Waals surface area contributed by atoms with Gasteiger partial charge in [-0.2, -0.15) is 0 Å². The quantitative estimate of drug-likeness (QED) is 0.678. The normalized spacial score (nSPS) is 32.3. The number of nitrogens with zero attached hydrogens (tertiary/aromatic N) is 1. The molecule has 0 bridgehead atoms. The molecule has 88 valence electrons. The van der Waals surface area contributed by atoms with Gasteiger partial charge in [-0.1, -0.05) is 15.9 Å². The topological polar surface area (TPSA) is 46.6 Å². The number of piperidine rings is 1. The summed E-state index contributed by atoms with van der Waals surface area (Å²) >= 11 is 3.55. The van der Waals surface area contributed by atoms with E-state index >= 15 is 0 Å². The fourth-order valence-corrected chi connectivity index (χ4v) is 3.93. The molecule has 1 spiro atoms. The standard InChI is InChI=1S/C9H16BrNO3S/c1-15(12,13)11-4-2-9(3-5-11)6-8(10)7-14-9/h8H,2-7H2,1H3. The number of alkyl halides is 1. The van der Waals surface area contributed by atoms with Crippen molar-refractivity contribution in [2.24, 2.45) is 0 Å². The smallest absolute Gasteiger partial charge is 0.211 e. The lowest BCUT2D eigenvalue weighted by atomic mass is 9.90. The molecule has 6 heteroatoms. The lowest BCUT2D eigenvalue weighted by Crippen LogP contribution is -2.46. The van der Waals surface area contributed by atoms with E-state index in [1.54, 1.807) is 4.31 Å². The Morgan fingerprint density at radius 3 is 2.40 bits per heavy atom. The van der Waals surface area contributed by atoms with E-state index in [9.17, 15) is 8.42 Å². The number of rotatable bonds is 1. The van der Waals surface area contributed by atoms with Crippen LogP contribution in [0.5, 0.6) is 0 Å². The molecule has 2 rings (SSSR count). The van der Waals surface area contributed by atoms with Crippen LogP contribution in [0.15, 0.2) is 0 Å². The van der Waals surface area contributed by atoms with E-state index in [1.165, 1.54) is 6.26 Å². The molecule has 1 atom stereocenters. The molecular weight excluding hydrogens is 282 g/mol. The molecule has 0 aromatic rings. The largest absolute Gasteiger partial charge is 0.374 e. The highest BCUT2D eigenvalue weighted by atomic mass is 79.9. The highest BCUT2D eigenvalue weighted by Crippen LogP contribution is 2.38. The highest BCUT2D eigenvalue weighted by molar-refractivity contribution is 9.09. The van der Waals surface area contributed by atoms with Crippen LogP contribution in [0.3, 0.4) is 0 Å². The van der Waals surface area contributed by atoms with E-state index in [-0.39, 0.29) is 5.60 Å². The third kappa shape index (κ3) is 2.54. The van der Waals surface area contributed by atoms with Crippen LogP contribution in [-0.2, 0) is 14.8 Å². The van der Waals surface area contributed by atoms with Crippen LogP contribution in [0, 0.1) is 0 Å². The van der Waals surface area contributed by atoms with Crippen molar-refractivity contribution in [2.75, 3.05) is 26.0 Å². The van der Waals surface area contributed by atoms with Crippen LogP contribution in [0.2, 0.25) is 0 Å². The summed E-state index contributed by atoms with van der Waals surface area (Å²) in [5, 5.41) is 0. The Morgan fingerprint density at radius 2 is 2.00 bits per heavy atom. The molecule has 0 N–H and O–H groups in total. The number of hydrogen-bond donors (Lipinski definition) is 0. The van der Waals surface area contributed by atoms with Gasteiger partial charge in [-0.25, -0.2) is 12.7 Å². The molecule has 2 saturated heterocycles. The maximum Gasteiger partial charge on any atom is 0.211 e. The Bertz CT molecular complexity index is 335. The fourth-order valence-electron chi connectivity index (χ4n) is 2.36. The summed E-state index contributed by atoms with van der Waals surface area (Å²) in [6.07, 6.45) is 3.92. The lowest BCUT2D eigenvalue weighted by molar-refractivity contribution is -0.0307. The van der Waals surface area contributed by atoms with Gasteiger partial charge in [0.25, 0.3) is 0 Å². The van der Waals surface area contributed by atoms with Gasteiger partial charge in [0.15, 0.2) is 0 Å². The van der Waals surface area contributed by atoms with Gasteiger partial charge in [0.05, 0.1) is 18.5 Å². The average molecular weight is 298 g/mol. The van der Waals surface area contributed by atoms with Gasteiger partial charge in [-0.15, -0.1) is 0 Å². The second kappa shape index (κ2) is 3.98. The van der Waals surface area contributed by atoms with Crippen LogP contribution in [-0.4, -0.2) is 49.1 Å². The summed E-state index contributed by atoms with van der Waals surface area (Å²) in [7, 11) is -3.02. The summed E-state index contributed by atoms with van der Waals surface area (Å²) in [5.74, 6) is 0. The van der Waals surface area contributed by atoms with Crippen molar-refractivity contribution in [2.45, 2.75) is 29.7 Å². The van der Waals surface area contributed by atoms with Gasteiger partial charge in [-0.3, -0.25) is 0 Å². The minimum absolute atomic E-state index is 0.0602. The number of sulfonamides is 1. The first kappa shape index (κ1) is 11.8. The molecular formula is C9H16BrNO3S. The fraction of sp³-hybridized carbons (Fsp3) is 1.00. The zero-order valence-electron chi connectivity index (χ0n) is 8.78. The van der Waals surface area contributed by atoms with Crippen LogP contribution in [0.25, 0.3) is 0 Å². The van der Waals surface area contributed by atoms with Crippen molar-refractivity contribution in [3.8, 4) is 0 Å². The molecule has 2 heterocycles. The third-order valence-corrected chi connectivity index (χ3v) is 5.16. The van der Waals surface area contributed by atoms with Gasteiger partial charge in [0, 0.05) is 17.9 Å². The van der Waals surface area contributed by atoms with Gasteiger partial charge in [-0.05, 0) is 19.3 Å². The van der Waals surface area contributed by atoms with Crippen LogP contribution in [0.4, 0.5) is 0 Å². The Hall–Kier alpha value is 0.350. The highest BCUT2D eigenvalue weighted by Gasteiger charge is 2.43. The molecule has 0 aromatic carbocycles. The third-order valence-electron chi connectivity index (χ3n) is 3.27. The van der Waals surface area contributed by atoms with Gasteiger partial charge in [0.2, 0.25) is 10.0 Å². The van der Waals surface area contributed by atoms with Crippen molar-refractivity contribution in [3.05, 3.63) is 0 Å². The van der Waals surface area contributed by atoms with Crippen molar-refractivity contribution in [1.82, 2.24) is 4.31 Å². The van der Waals surface area contributed by atoms with E-state index in [4.69, 9.17) is 4.74 Å². The van der Waals surface area contributed by atoms with E-state index in [0.29, 0.717) is 17.9 Å². The lowest BCUT2D eigenvalue weighted by Gasteiger charge is -2.37. The Kier molecular flexibility index (Phi) is 3.14. The first-order valence-electron chi connectivity index (χ1n) is 5.14.